The van der Waals surface area contributed by atoms with E-state index in [1.165, 1.54) is 16.2 Å². The van der Waals surface area contributed by atoms with Crippen LogP contribution in [0.2, 0.25) is 0 Å². The van der Waals surface area contributed by atoms with Crippen LogP contribution in [-0.2, 0) is 22.4 Å². The van der Waals surface area contributed by atoms with Crippen molar-refractivity contribution in [3.63, 3.8) is 0 Å². The average molecular weight is 373 g/mol. The molecule has 0 saturated heterocycles. The van der Waals surface area contributed by atoms with Crippen molar-refractivity contribution in [3.8, 4) is 5.75 Å². The highest BCUT2D eigenvalue weighted by atomic mass is 32.1. The van der Waals surface area contributed by atoms with Crippen LogP contribution in [0.1, 0.15) is 45.3 Å². The molecule has 0 atom stereocenters. The summed E-state index contributed by atoms with van der Waals surface area (Å²) in [6, 6.07) is 5.87. The monoisotopic (exact) mass is 373 g/mol. The zero-order valence-corrected chi connectivity index (χ0v) is 16.1. The van der Waals surface area contributed by atoms with Crippen molar-refractivity contribution in [1.29, 1.82) is 0 Å². The molecule has 6 heteroatoms. The zero-order chi connectivity index (χ0) is 18.7. The summed E-state index contributed by atoms with van der Waals surface area (Å²) in [4.78, 5) is 25.9. The molecule has 1 N–H and O–H groups in total. The van der Waals surface area contributed by atoms with Gasteiger partial charge in [-0.1, -0.05) is 12.1 Å². The molecule has 0 spiro atoms. The van der Waals surface area contributed by atoms with Crippen molar-refractivity contribution >= 4 is 28.2 Å². The van der Waals surface area contributed by atoms with Crippen molar-refractivity contribution in [2.24, 2.45) is 0 Å². The van der Waals surface area contributed by atoms with Crippen LogP contribution in [0, 0.1) is 13.8 Å². The molecule has 5 nitrogen and oxygen atoms in total. The third-order valence-electron chi connectivity index (χ3n) is 4.36. The molecule has 0 saturated carbocycles. The van der Waals surface area contributed by atoms with E-state index in [1.807, 2.05) is 32.0 Å². The van der Waals surface area contributed by atoms with Crippen LogP contribution in [0.3, 0.4) is 0 Å². The highest BCUT2D eigenvalue weighted by Gasteiger charge is 2.28. The summed E-state index contributed by atoms with van der Waals surface area (Å²) in [7, 11) is 0. The highest BCUT2D eigenvalue weighted by molar-refractivity contribution is 7.17. The number of rotatable bonds is 6. The number of aryl methyl sites for hydroxylation is 3. The molecular weight excluding hydrogens is 350 g/mol. The lowest BCUT2D eigenvalue weighted by atomic mass is 10.1. The standard InChI is InChI=1S/C20H23NO4S/c1-4-24-20(23)18-14-6-5-7-16(14)26-19(18)21-17(22)11-25-15-10-12(2)8-9-13(15)3/h8-10H,4-7,11H2,1-3H3,(H,21,22). The Balaban J connectivity index is 1.71. The van der Waals surface area contributed by atoms with Gasteiger partial charge in [0.1, 0.15) is 10.8 Å². The van der Waals surface area contributed by atoms with Gasteiger partial charge in [-0.05, 0) is 62.8 Å². The van der Waals surface area contributed by atoms with Crippen molar-refractivity contribution in [2.75, 3.05) is 18.5 Å². The Kier molecular flexibility index (Phi) is 5.61. The summed E-state index contributed by atoms with van der Waals surface area (Å²) in [6.07, 6.45) is 2.84. The maximum Gasteiger partial charge on any atom is 0.341 e. The topological polar surface area (TPSA) is 64.6 Å². The molecule has 0 radical (unpaired) electrons. The number of carbonyl (C=O) groups is 2. The number of amides is 1. The molecule has 0 aliphatic heterocycles. The second-order valence-corrected chi connectivity index (χ2v) is 7.49. The lowest BCUT2D eigenvalue weighted by Crippen LogP contribution is -2.21. The number of thiophene rings is 1. The fourth-order valence-electron chi connectivity index (χ4n) is 3.08. The lowest BCUT2D eigenvalue weighted by Gasteiger charge is -2.11. The van der Waals surface area contributed by atoms with E-state index in [2.05, 4.69) is 5.32 Å². The van der Waals surface area contributed by atoms with E-state index in [9.17, 15) is 9.59 Å². The normalized spacial score (nSPS) is 12.6. The first kappa shape index (κ1) is 18.5. The SMILES string of the molecule is CCOC(=O)c1c(NC(=O)COc2cc(C)ccc2C)sc2c1CCC2. The maximum absolute atomic E-state index is 12.4. The summed E-state index contributed by atoms with van der Waals surface area (Å²) >= 11 is 1.47. The van der Waals surface area contributed by atoms with Gasteiger partial charge in [-0.3, -0.25) is 4.79 Å². The van der Waals surface area contributed by atoms with Crippen molar-refractivity contribution in [3.05, 3.63) is 45.3 Å². The molecule has 1 amide bonds. The Bertz CT molecular complexity index is 841. The minimum absolute atomic E-state index is 0.102. The Labute approximate surface area is 157 Å². The average Bonchev–Trinajstić information content (AvgIpc) is 3.16. The number of esters is 1. The fourth-order valence-corrected chi connectivity index (χ4v) is 4.37. The second-order valence-electron chi connectivity index (χ2n) is 6.39. The summed E-state index contributed by atoms with van der Waals surface area (Å²) in [5, 5.41) is 3.41. The number of hydrogen-bond donors (Lipinski definition) is 1. The van der Waals surface area contributed by atoms with Crippen LogP contribution < -0.4 is 10.1 Å². The molecule has 26 heavy (non-hydrogen) atoms. The summed E-state index contributed by atoms with van der Waals surface area (Å²) in [5.74, 6) is 0.0495. The molecule has 138 valence electrons. The Morgan fingerprint density at radius 1 is 1.23 bits per heavy atom. The van der Waals surface area contributed by atoms with Gasteiger partial charge in [0, 0.05) is 4.88 Å². The highest BCUT2D eigenvalue weighted by Crippen LogP contribution is 2.39. The zero-order valence-electron chi connectivity index (χ0n) is 15.3. The summed E-state index contributed by atoms with van der Waals surface area (Å²) in [5.41, 5.74) is 3.60. The minimum Gasteiger partial charge on any atom is -0.483 e. The van der Waals surface area contributed by atoms with Crippen LogP contribution in [0.15, 0.2) is 18.2 Å². The molecule has 1 aliphatic carbocycles. The molecule has 1 aromatic heterocycles. The van der Waals surface area contributed by atoms with E-state index in [-0.39, 0.29) is 18.5 Å². The summed E-state index contributed by atoms with van der Waals surface area (Å²) in [6.45, 7) is 5.91. The molecule has 1 aromatic carbocycles. The fraction of sp³-hybridized carbons (Fsp3) is 0.400. The molecule has 3 rings (SSSR count). The number of fused-ring (bicyclic) bond motifs is 1. The Morgan fingerprint density at radius 2 is 2.04 bits per heavy atom. The van der Waals surface area contributed by atoms with Gasteiger partial charge < -0.3 is 14.8 Å². The smallest absolute Gasteiger partial charge is 0.341 e. The van der Waals surface area contributed by atoms with Crippen molar-refractivity contribution in [1.82, 2.24) is 0 Å². The van der Waals surface area contributed by atoms with Gasteiger partial charge in [-0.2, -0.15) is 0 Å². The largest absolute Gasteiger partial charge is 0.483 e. The second kappa shape index (κ2) is 7.91. The number of ether oxygens (including phenoxy) is 2. The number of benzene rings is 1. The van der Waals surface area contributed by atoms with Gasteiger partial charge in [0.05, 0.1) is 12.2 Å². The van der Waals surface area contributed by atoms with Gasteiger partial charge in [0.25, 0.3) is 5.91 Å². The predicted molar refractivity (Wildman–Crippen MR) is 102 cm³/mol. The third kappa shape index (κ3) is 3.90. The van der Waals surface area contributed by atoms with E-state index in [4.69, 9.17) is 9.47 Å². The number of hydrogen-bond acceptors (Lipinski definition) is 5. The lowest BCUT2D eigenvalue weighted by molar-refractivity contribution is -0.118. The van der Waals surface area contributed by atoms with Crippen molar-refractivity contribution in [2.45, 2.75) is 40.0 Å². The quantitative estimate of drug-likeness (QED) is 0.776. The Hall–Kier alpha value is -2.34. The molecule has 0 unspecified atom stereocenters. The molecule has 1 heterocycles. The first-order valence-corrected chi connectivity index (χ1v) is 9.62. The van der Waals surface area contributed by atoms with E-state index in [0.717, 1.165) is 36.0 Å². The van der Waals surface area contributed by atoms with Crippen LogP contribution >= 0.6 is 11.3 Å². The van der Waals surface area contributed by atoms with Crippen LogP contribution in [0.25, 0.3) is 0 Å². The van der Waals surface area contributed by atoms with E-state index < -0.39 is 0 Å². The van der Waals surface area contributed by atoms with Crippen LogP contribution in [0.5, 0.6) is 5.75 Å². The van der Waals surface area contributed by atoms with Crippen molar-refractivity contribution < 1.29 is 19.1 Å². The Morgan fingerprint density at radius 3 is 2.81 bits per heavy atom. The van der Waals surface area contributed by atoms with Crippen LogP contribution in [-0.4, -0.2) is 25.1 Å². The first-order chi connectivity index (χ1) is 12.5. The van der Waals surface area contributed by atoms with Gasteiger partial charge in [-0.15, -0.1) is 11.3 Å². The molecule has 2 aromatic rings. The molecule has 0 bridgehead atoms. The third-order valence-corrected chi connectivity index (χ3v) is 5.56. The van der Waals surface area contributed by atoms with Gasteiger partial charge in [0.2, 0.25) is 0 Å². The van der Waals surface area contributed by atoms with E-state index in [1.54, 1.807) is 6.92 Å². The predicted octanol–water partition coefficient (Wildman–Crippen LogP) is 4.05. The molecular formula is C20H23NO4S. The summed E-state index contributed by atoms with van der Waals surface area (Å²) < 4.78 is 10.8. The maximum atomic E-state index is 12.4. The first-order valence-electron chi connectivity index (χ1n) is 8.81. The van der Waals surface area contributed by atoms with Gasteiger partial charge >= 0.3 is 5.97 Å². The minimum atomic E-state index is -0.363. The number of carbonyl (C=O) groups excluding carboxylic acids is 2. The van der Waals surface area contributed by atoms with Crippen LogP contribution in [0.4, 0.5) is 5.00 Å². The molecule has 1 aliphatic rings. The molecule has 0 fully saturated rings. The van der Waals surface area contributed by atoms with E-state index >= 15 is 0 Å². The number of nitrogens with one attached hydrogen (secondary N) is 1. The van der Waals surface area contributed by atoms with E-state index in [0.29, 0.717) is 22.9 Å². The number of anilines is 1. The van der Waals surface area contributed by atoms with Gasteiger partial charge in [-0.25, -0.2) is 4.79 Å². The van der Waals surface area contributed by atoms with Gasteiger partial charge in [0.15, 0.2) is 6.61 Å².